The van der Waals surface area contributed by atoms with Gasteiger partial charge in [-0.2, -0.15) is 0 Å². The Balaban J connectivity index is 2.64. The summed E-state index contributed by atoms with van der Waals surface area (Å²) >= 11 is 5.98. The molecular weight excluding hydrogens is 252 g/mol. The molecule has 0 fully saturated rings. The Kier molecular flexibility index (Phi) is 3.63. The lowest BCUT2D eigenvalue weighted by molar-refractivity contribution is 0.374. The molecule has 0 bridgehead atoms. The van der Waals surface area contributed by atoms with Crippen LogP contribution in [0.1, 0.15) is 0 Å². The van der Waals surface area contributed by atoms with Crippen molar-refractivity contribution >= 4 is 11.6 Å². The van der Waals surface area contributed by atoms with E-state index in [9.17, 15) is 5.11 Å². The molecule has 94 valence electrons. The predicted molar refractivity (Wildman–Crippen MR) is 71.7 cm³/mol. The molecular formula is C14H13ClO3. The molecule has 0 aromatic heterocycles. The molecule has 0 aliphatic heterocycles. The first-order chi connectivity index (χ1) is 8.67. The summed E-state index contributed by atoms with van der Waals surface area (Å²) in [6, 6.07) is 10.5. The van der Waals surface area contributed by atoms with Gasteiger partial charge < -0.3 is 14.6 Å². The molecule has 0 amide bonds. The van der Waals surface area contributed by atoms with Crippen molar-refractivity contribution in [3.05, 3.63) is 41.4 Å². The van der Waals surface area contributed by atoms with Gasteiger partial charge in [-0.25, -0.2) is 0 Å². The third kappa shape index (κ3) is 2.22. The maximum Gasteiger partial charge on any atom is 0.165 e. The molecule has 0 saturated heterocycles. The van der Waals surface area contributed by atoms with Gasteiger partial charge in [0.05, 0.1) is 14.2 Å². The van der Waals surface area contributed by atoms with Crippen LogP contribution in [0.4, 0.5) is 0 Å². The van der Waals surface area contributed by atoms with Crippen molar-refractivity contribution in [2.24, 2.45) is 0 Å². The molecule has 2 rings (SSSR count). The molecule has 0 heterocycles. The molecule has 18 heavy (non-hydrogen) atoms. The highest BCUT2D eigenvalue weighted by atomic mass is 35.5. The lowest BCUT2D eigenvalue weighted by Gasteiger charge is -2.12. The number of hydrogen-bond acceptors (Lipinski definition) is 3. The normalized spacial score (nSPS) is 10.2. The minimum Gasteiger partial charge on any atom is -0.504 e. The molecule has 0 atom stereocenters. The average Bonchev–Trinajstić information content (AvgIpc) is 2.39. The van der Waals surface area contributed by atoms with Crippen molar-refractivity contribution in [2.45, 2.75) is 0 Å². The van der Waals surface area contributed by atoms with Crippen LogP contribution >= 0.6 is 11.6 Å². The number of hydrogen-bond donors (Lipinski definition) is 1. The standard InChI is InChI=1S/C14H13ClO3/c1-17-12-7-6-9(15)8-11(12)10-4-3-5-13(18-2)14(10)16/h3-8,16H,1-2H3. The van der Waals surface area contributed by atoms with Crippen LogP contribution in [0, 0.1) is 0 Å². The Hall–Kier alpha value is -1.87. The van der Waals surface area contributed by atoms with Gasteiger partial charge in [0, 0.05) is 16.1 Å². The number of para-hydroxylation sites is 1. The quantitative estimate of drug-likeness (QED) is 0.918. The summed E-state index contributed by atoms with van der Waals surface area (Å²) in [6.45, 7) is 0. The second-order valence-corrected chi connectivity index (χ2v) is 4.14. The van der Waals surface area contributed by atoms with Crippen molar-refractivity contribution < 1.29 is 14.6 Å². The van der Waals surface area contributed by atoms with Gasteiger partial charge in [0.1, 0.15) is 5.75 Å². The van der Waals surface area contributed by atoms with E-state index in [4.69, 9.17) is 21.1 Å². The maximum absolute atomic E-state index is 10.1. The summed E-state index contributed by atoms with van der Waals surface area (Å²) in [5, 5.41) is 10.7. The molecule has 0 unspecified atom stereocenters. The van der Waals surface area contributed by atoms with Crippen LogP contribution in [0.5, 0.6) is 17.2 Å². The molecule has 0 spiro atoms. The van der Waals surface area contributed by atoms with Gasteiger partial charge in [-0.05, 0) is 24.3 Å². The monoisotopic (exact) mass is 264 g/mol. The first-order valence-electron chi connectivity index (χ1n) is 5.37. The SMILES string of the molecule is COc1ccc(Cl)cc1-c1cccc(OC)c1O. The fourth-order valence-electron chi connectivity index (χ4n) is 1.80. The highest BCUT2D eigenvalue weighted by Crippen LogP contribution is 2.41. The molecule has 0 aliphatic carbocycles. The van der Waals surface area contributed by atoms with E-state index in [-0.39, 0.29) is 5.75 Å². The first kappa shape index (κ1) is 12.6. The fourth-order valence-corrected chi connectivity index (χ4v) is 1.97. The van der Waals surface area contributed by atoms with Crippen LogP contribution in [-0.4, -0.2) is 19.3 Å². The van der Waals surface area contributed by atoms with Gasteiger partial charge >= 0.3 is 0 Å². The van der Waals surface area contributed by atoms with E-state index in [0.717, 1.165) is 5.56 Å². The van der Waals surface area contributed by atoms with E-state index in [1.54, 1.807) is 43.5 Å². The van der Waals surface area contributed by atoms with E-state index in [1.807, 2.05) is 0 Å². The average molecular weight is 265 g/mol. The molecule has 1 N–H and O–H groups in total. The highest BCUT2D eigenvalue weighted by Gasteiger charge is 2.13. The van der Waals surface area contributed by atoms with Gasteiger partial charge in [0.25, 0.3) is 0 Å². The van der Waals surface area contributed by atoms with Crippen molar-refractivity contribution in [1.82, 2.24) is 0 Å². The predicted octanol–water partition coefficient (Wildman–Crippen LogP) is 3.73. The minimum atomic E-state index is 0.0700. The minimum absolute atomic E-state index is 0.0700. The van der Waals surface area contributed by atoms with Crippen LogP contribution in [0.25, 0.3) is 11.1 Å². The second-order valence-electron chi connectivity index (χ2n) is 3.70. The number of phenolic OH excluding ortho intramolecular Hbond substituents is 1. The number of aromatic hydroxyl groups is 1. The third-order valence-electron chi connectivity index (χ3n) is 2.67. The van der Waals surface area contributed by atoms with Crippen LogP contribution in [0.3, 0.4) is 0 Å². The van der Waals surface area contributed by atoms with Gasteiger partial charge in [-0.1, -0.05) is 23.7 Å². The van der Waals surface area contributed by atoms with E-state index in [0.29, 0.717) is 22.1 Å². The zero-order valence-electron chi connectivity index (χ0n) is 10.1. The van der Waals surface area contributed by atoms with Crippen molar-refractivity contribution in [2.75, 3.05) is 14.2 Å². The zero-order valence-corrected chi connectivity index (χ0v) is 10.9. The molecule has 2 aromatic carbocycles. The Labute approximate surface area is 111 Å². The molecule has 3 nitrogen and oxygen atoms in total. The summed E-state index contributed by atoms with van der Waals surface area (Å²) in [5.41, 5.74) is 1.34. The molecule has 0 aliphatic rings. The Morgan fingerprint density at radius 3 is 2.33 bits per heavy atom. The van der Waals surface area contributed by atoms with Crippen LogP contribution < -0.4 is 9.47 Å². The van der Waals surface area contributed by atoms with Crippen LogP contribution in [0.15, 0.2) is 36.4 Å². The topological polar surface area (TPSA) is 38.7 Å². The summed E-state index contributed by atoms with van der Waals surface area (Å²) < 4.78 is 10.4. The highest BCUT2D eigenvalue weighted by molar-refractivity contribution is 6.31. The summed E-state index contributed by atoms with van der Waals surface area (Å²) in [6.07, 6.45) is 0. The molecule has 0 saturated carbocycles. The lowest BCUT2D eigenvalue weighted by Crippen LogP contribution is -1.90. The molecule has 0 radical (unpaired) electrons. The maximum atomic E-state index is 10.1. The van der Waals surface area contributed by atoms with E-state index < -0.39 is 0 Å². The van der Waals surface area contributed by atoms with Gasteiger partial charge in [-0.15, -0.1) is 0 Å². The second kappa shape index (κ2) is 5.19. The fraction of sp³-hybridized carbons (Fsp3) is 0.143. The Morgan fingerprint density at radius 1 is 0.944 bits per heavy atom. The number of methoxy groups -OCH3 is 2. The van der Waals surface area contributed by atoms with E-state index in [2.05, 4.69) is 0 Å². The van der Waals surface area contributed by atoms with Crippen LogP contribution in [0.2, 0.25) is 5.02 Å². The molecule has 4 heteroatoms. The van der Waals surface area contributed by atoms with E-state index in [1.165, 1.54) is 7.11 Å². The number of ether oxygens (including phenoxy) is 2. The summed E-state index contributed by atoms with van der Waals surface area (Å²) in [7, 11) is 3.08. The molecule has 2 aromatic rings. The van der Waals surface area contributed by atoms with Crippen LogP contribution in [-0.2, 0) is 0 Å². The van der Waals surface area contributed by atoms with E-state index >= 15 is 0 Å². The Morgan fingerprint density at radius 2 is 1.67 bits per heavy atom. The third-order valence-corrected chi connectivity index (χ3v) is 2.91. The summed E-state index contributed by atoms with van der Waals surface area (Å²) in [5.74, 6) is 1.12. The lowest BCUT2D eigenvalue weighted by atomic mass is 10.0. The van der Waals surface area contributed by atoms with Crippen molar-refractivity contribution in [3.63, 3.8) is 0 Å². The number of phenols is 1. The van der Waals surface area contributed by atoms with Gasteiger partial charge in [0.15, 0.2) is 11.5 Å². The number of benzene rings is 2. The Bertz CT molecular complexity index is 567. The summed E-state index contributed by atoms with van der Waals surface area (Å²) in [4.78, 5) is 0. The van der Waals surface area contributed by atoms with Gasteiger partial charge in [-0.3, -0.25) is 0 Å². The van der Waals surface area contributed by atoms with Gasteiger partial charge in [0.2, 0.25) is 0 Å². The number of rotatable bonds is 3. The first-order valence-corrected chi connectivity index (χ1v) is 5.75. The smallest absolute Gasteiger partial charge is 0.165 e. The van der Waals surface area contributed by atoms with Crippen molar-refractivity contribution in [1.29, 1.82) is 0 Å². The largest absolute Gasteiger partial charge is 0.504 e. The van der Waals surface area contributed by atoms with Crippen molar-refractivity contribution in [3.8, 4) is 28.4 Å². The zero-order chi connectivity index (χ0) is 13.1. The number of halogens is 1.